The molecular weight excluding hydrogens is 298 g/mol. The highest BCUT2D eigenvalue weighted by Gasteiger charge is 2.12. The lowest BCUT2D eigenvalue weighted by Crippen LogP contribution is -2.10. The third-order valence-electron chi connectivity index (χ3n) is 3.65. The van der Waals surface area contributed by atoms with Crippen molar-refractivity contribution in [2.24, 2.45) is 0 Å². The van der Waals surface area contributed by atoms with Gasteiger partial charge in [0, 0.05) is 6.08 Å². The molecule has 0 radical (unpaired) electrons. The summed E-state index contributed by atoms with van der Waals surface area (Å²) in [7, 11) is 0. The van der Waals surface area contributed by atoms with Crippen LogP contribution in [0.2, 0.25) is 0 Å². The van der Waals surface area contributed by atoms with Crippen LogP contribution in [-0.2, 0) is 10.2 Å². The van der Waals surface area contributed by atoms with Gasteiger partial charge in [0.25, 0.3) is 0 Å². The summed E-state index contributed by atoms with van der Waals surface area (Å²) >= 11 is 0. The smallest absolute Gasteiger partial charge is 0.248 e. The van der Waals surface area contributed by atoms with Gasteiger partial charge in [-0.25, -0.2) is 0 Å². The largest absolute Gasteiger partial charge is 0.492 e. The Balaban J connectivity index is 2.03. The summed E-state index contributed by atoms with van der Waals surface area (Å²) in [4.78, 5) is 12.1. The number of nitrogens with one attached hydrogen (secondary N) is 1. The first-order valence-corrected chi connectivity index (χ1v) is 8.21. The first-order valence-electron chi connectivity index (χ1n) is 8.21. The molecule has 0 bridgehead atoms. The average molecular weight is 323 g/mol. The molecule has 126 valence electrons. The Labute approximate surface area is 144 Å². The summed E-state index contributed by atoms with van der Waals surface area (Å²) in [5.74, 6) is 0.498. The molecule has 0 fully saturated rings. The first-order chi connectivity index (χ1) is 11.4. The summed E-state index contributed by atoms with van der Waals surface area (Å²) in [6.07, 6.45) is 3.35. The lowest BCUT2D eigenvalue weighted by Gasteiger charge is -2.18. The number of carbonyl (C=O) groups is 1. The average Bonchev–Trinajstić information content (AvgIpc) is 2.55. The van der Waals surface area contributed by atoms with E-state index in [9.17, 15) is 4.79 Å². The van der Waals surface area contributed by atoms with E-state index in [1.165, 1.54) is 11.6 Å². The van der Waals surface area contributed by atoms with E-state index < -0.39 is 0 Å². The Kier molecular flexibility index (Phi) is 5.80. The van der Waals surface area contributed by atoms with E-state index in [2.05, 4.69) is 38.2 Å². The zero-order valence-corrected chi connectivity index (χ0v) is 14.8. The van der Waals surface area contributed by atoms with Crippen LogP contribution in [0.3, 0.4) is 0 Å². The maximum Gasteiger partial charge on any atom is 0.248 e. The molecular formula is C21H25NO2. The molecule has 3 heteroatoms. The molecule has 2 rings (SSSR count). The van der Waals surface area contributed by atoms with Gasteiger partial charge in [-0.1, -0.05) is 57.2 Å². The summed E-state index contributed by atoms with van der Waals surface area (Å²) in [6, 6.07) is 15.7. The topological polar surface area (TPSA) is 38.3 Å². The van der Waals surface area contributed by atoms with Gasteiger partial charge in [0.15, 0.2) is 0 Å². The van der Waals surface area contributed by atoms with E-state index in [1.807, 2.05) is 49.4 Å². The second-order valence-electron chi connectivity index (χ2n) is 6.62. The predicted octanol–water partition coefficient (Wildman–Crippen LogP) is 5.03. The summed E-state index contributed by atoms with van der Waals surface area (Å²) in [5.41, 5.74) is 3.07. The molecule has 0 unspecified atom stereocenters. The number of ether oxygens (including phenoxy) is 1. The Hall–Kier alpha value is -2.55. The summed E-state index contributed by atoms with van der Waals surface area (Å²) in [6.45, 7) is 9.02. The second-order valence-corrected chi connectivity index (χ2v) is 6.62. The van der Waals surface area contributed by atoms with Crippen LogP contribution in [0.1, 0.15) is 38.8 Å². The number of para-hydroxylation sites is 2. The fourth-order valence-electron chi connectivity index (χ4n) is 2.29. The minimum atomic E-state index is -0.179. The van der Waals surface area contributed by atoms with Crippen LogP contribution in [-0.4, -0.2) is 12.5 Å². The molecule has 0 saturated carbocycles. The number of amides is 1. The molecule has 2 aromatic carbocycles. The Morgan fingerprint density at radius 2 is 1.75 bits per heavy atom. The molecule has 0 saturated heterocycles. The molecule has 0 aliphatic heterocycles. The molecule has 1 N–H and O–H groups in total. The Morgan fingerprint density at radius 3 is 2.38 bits per heavy atom. The van der Waals surface area contributed by atoms with Crippen molar-refractivity contribution in [1.29, 1.82) is 0 Å². The molecule has 0 aliphatic carbocycles. The number of anilines is 1. The monoisotopic (exact) mass is 323 g/mol. The minimum Gasteiger partial charge on any atom is -0.492 e. The fraction of sp³-hybridized carbons (Fsp3) is 0.286. The van der Waals surface area contributed by atoms with E-state index in [-0.39, 0.29) is 11.3 Å². The zero-order valence-electron chi connectivity index (χ0n) is 14.8. The van der Waals surface area contributed by atoms with E-state index in [4.69, 9.17) is 4.74 Å². The van der Waals surface area contributed by atoms with Gasteiger partial charge in [0.2, 0.25) is 5.91 Å². The number of benzene rings is 2. The van der Waals surface area contributed by atoms with Gasteiger partial charge in [-0.15, -0.1) is 0 Å². The van der Waals surface area contributed by atoms with Crippen LogP contribution in [0, 0.1) is 0 Å². The predicted molar refractivity (Wildman–Crippen MR) is 100 cm³/mol. The standard InChI is InChI=1S/C21H25NO2/c1-5-24-19-9-7-6-8-18(19)22-20(23)15-12-16-10-13-17(14-11-16)21(2,3)4/h6-15H,5H2,1-4H3,(H,22,23)/b15-12+. The van der Waals surface area contributed by atoms with Crippen molar-refractivity contribution < 1.29 is 9.53 Å². The van der Waals surface area contributed by atoms with Crippen molar-refractivity contribution in [3.8, 4) is 5.75 Å². The maximum absolute atomic E-state index is 12.1. The van der Waals surface area contributed by atoms with Gasteiger partial charge < -0.3 is 10.1 Å². The van der Waals surface area contributed by atoms with Gasteiger partial charge in [-0.05, 0) is 41.7 Å². The first kappa shape index (κ1) is 17.8. The number of rotatable bonds is 5. The van der Waals surface area contributed by atoms with Gasteiger partial charge in [-0.3, -0.25) is 4.79 Å². The zero-order chi connectivity index (χ0) is 17.6. The van der Waals surface area contributed by atoms with Crippen LogP contribution >= 0.6 is 0 Å². The quantitative estimate of drug-likeness (QED) is 0.783. The Bertz CT molecular complexity index is 709. The van der Waals surface area contributed by atoms with Crippen LogP contribution in [0.4, 0.5) is 5.69 Å². The van der Waals surface area contributed by atoms with Gasteiger partial charge in [0.05, 0.1) is 12.3 Å². The van der Waals surface area contributed by atoms with Crippen molar-refractivity contribution in [2.45, 2.75) is 33.1 Å². The Morgan fingerprint density at radius 1 is 1.08 bits per heavy atom. The molecule has 1 amide bonds. The lowest BCUT2D eigenvalue weighted by atomic mass is 9.87. The maximum atomic E-state index is 12.1. The molecule has 0 spiro atoms. The van der Waals surface area contributed by atoms with Crippen LogP contribution in [0.15, 0.2) is 54.6 Å². The molecule has 0 aromatic heterocycles. The molecule has 2 aromatic rings. The lowest BCUT2D eigenvalue weighted by molar-refractivity contribution is -0.111. The minimum absolute atomic E-state index is 0.128. The molecule has 24 heavy (non-hydrogen) atoms. The normalized spacial score (nSPS) is 11.5. The highest BCUT2D eigenvalue weighted by molar-refractivity contribution is 6.02. The van der Waals surface area contributed by atoms with Gasteiger partial charge in [0.1, 0.15) is 5.75 Å². The summed E-state index contributed by atoms with van der Waals surface area (Å²) < 4.78 is 5.51. The van der Waals surface area contributed by atoms with Crippen molar-refractivity contribution in [3.05, 3.63) is 65.7 Å². The van der Waals surface area contributed by atoms with Crippen LogP contribution in [0.25, 0.3) is 6.08 Å². The molecule has 0 aliphatic rings. The molecule has 3 nitrogen and oxygen atoms in total. The van der Waals surface area contributed by atoms with Crippen molar-refractivity contribution in [2.75, 3.05) is 11.9 Å². The third-order valence-corrected chi connectivity index (χ3v) is 3.65. The highest BCUT2D eigenvalue weighted by atomic mass is 16.5. The summed E-state index contributed by atoms with van der Waals surface area (Å²) in [5, 5.41) is 2.85. The third kappa shape index (κ3) is 4.98. The van der Waals surface area contributed by atoms with E-state index in [0.717, 1.165) is 5.56 Å². The van der Waals surface area contributed by atoms with Crippen molar-refractivity contribution >= 4 is 17.7 Å². The molecule has 0 atom stereocenters. The van der Waals surface area contributed by atoms with Gasteiger partial charge in [-0.2, -0.15) is 0 Å². The van der Waals surface area contributed by atoms with Crippen LogP contribution < -0.4 is 10.1 Å². The van der Waals surface area contributed by atoms with Crippen molar-refractivity contribution in [1.82, 2.24) is 0 Å². The number of carbonyl (C=O) groups excluding carboxylic acids is 1. The highest BCUT2D eigenvalue weighted by Crippen LogP contribution is 2.24. The van der Waals surface area contributed by atoms with Crippen LogP contribution in [0.5, 0.6) is 5.75 Å². The SMILES string of the molecule is CCOc1ccccc1NC(=O)/C=C/c1ccc(C(C)(C)C)cc1. The van der Waals surface area contributed by atoms with E-state index in [0.29, 0.717) is 18.0 Å². The fourth-order valence-corrected chi connectivity index (χ4v) is 2.29. The van der Waals surface area contributed by atoms with E-state index >= 15 is 0 Å². The van der Waals surface area contributed by atoms with E-state index in [1.54, 1.807) is 0 Å². The van der Waals surface area contributed by atoms with Gasteiger partial charge >= 0.3 is 0 Å². The number of hydrogen-bond acceptors (Lipinski definition) is 2. The molecule has 0 heterocycles. The van der Waals surface area contributed by atoms with Crippen molar-refractivity contribution in [3.63, 3.8) is 0 Å². The number of hydrogen-bond donors (Lipinski definition) is 1. The second kappa shape index (κ2) is 7.82.